The van der Waals surface area contributed by atoms with Crippen molar-refractivity contribution in [1.82, 2.24) is 4.72 Å². The fourth-order valence-electron chi connectivity index (χ4n) is 2.04. The van der Waals surface area contributed by atoms with Crippen LogP contribution < -0.4 is 4.72 Å². The van der Waals surface area contributed by atoms with E-state index in [1.54, 1.807) is 12.1 Å². The highest BCUT2D eigenvalue weighted by Gasteiger charge is 2.38. The second-order valence-corrected chi connectivity index (χ2v) is 6.59. The van der Waals surface area contributed by atoms with Crippen LogP contribution in [-0.2, 0) is 14.8 Å². The minimum atomic E-state index is -3.48. The summed E-state index contributed by atoms with van der Waals surface area (Å²) in [4.78, 5) is 10.6. The number of hydrogen-bond acceptors (Lipinski definition) is 3. The zero-order valence-corrected chi connectivity index (χ0v) is 11.9. The highest BCUT2D eigenvalue weighted by molar-refractivity contribution is 7.89. The van der Waals surface area contributed by atoms with Gasteiger partial charge in [-0.3, -0.25) is 0 Å². The summed E-state index contributed by atoms with van der Waals surface area (Å²) in [6, 6.07) is 6.17. The lowest BCUT2D eigenvalue weighted by Crippen LogP contribution is -2.27. The topological polar surface area (TPSA) is 83.5 Å². The second kappa shape index (κ2) is 5.76. The predicted octanol–water partition coefficient (Wildman–Crippen LogP) is 1.86. The molecule has 108 valence electrons. The monoisotopic (exact) mass is 295 g/mol. The van der Waals surface area contributed by atoms with Gasteiger partial charge in [0.2, 0.25) is 10.0 Å². The summed E-state index contributed by atoms with van der Waals surface area (Å²) in [5, 5.41) is 8.52. The van der Waals surface area contributed by atoms with E-state index in [4.69, 9.17) is 5.11 Å². The Morgan fingerprint density at radius 2 is 2.05 bits per heavy atom. The maximum atomic E-state index is 12.1. The molecule has 6 heteroatoms. The van der Waals surface area contributed by atoms with Crippen LogP contribution in [-0.4, -0.2) is 25.5 Å². The van der Waals surface area contributed by atoms with Gasteiger partial charge in [-0.15, -0.1) is 0 Å². The Balaban J connectivity index is 2.07. The van der Waals surface area contributed by atoms with E-state index in [2.05, 4.69) is 4.72 Å². The van der Waals surface area contributed by atoms with Crippen molar-refractivity contribution < 1.29 is 18.3 Å². The van der Waals surface area contributed by atoms with Crippen LogP contribution >= 0.6 is 0 Å². The second-order valence-electron chi connectivity index (χ2n) is 4.87. The van der Waals surface area contributed by atoms with Gasteiger partial charge in [-0.1, -0.05) is 25.5 Å². The van der Waals surface area contributed by atoms with E-state index < -0.39 is 16.0 Å². The number of carbonyl (C=O) groups is 1. The van der Waals surface area contributed by atoms with Crippen molar-refractivity contribution in [2.75, 3.05) is 0 Å². The lowest BCUT2D eigenvalue weighted by molar-refractivity contribution is -0.131. The molecule has 0 saturated heterocycles. The van der Waals surface area contributed by atoms with E-state index in [-0.39, 0.29) is 10.9 Å². The molecule has 0 amide bonds. The summed E-state index contributed by atoms with van der Waals surface area (Å²) >= 11 is 0. The van der Waals surface area contributed by atoms with Crippen molar-refractivity contribution in [3.63, 3.8) is 0 Å². The molecular weight excluding hydrogens is 278 g/mol. The van der Waals surface area contributed by atoms with Crippen molar-refractivity contribution in [2.24, 2.45) is 5.92 Å². The SMILES string of the molecule is CCC1CC1NS(=O)(=O)c1ccc(/C=C/C(=O)O)cc1. The maximum Gasteiger partial charge on any atom is 0.328 e. The molecule has 5 nitrogen and oxygen atoms in total. The highest BCUT2D eigenvalue weighted by Crippen LogP contribution is 2.34. The lowest BCUT2D eigenvalue weighted by Gasteiger charge is -2.06. The molecule has 2 atom stereocenters. The van der Waals surface area contributed by atoms with Crippen molar-refractivity contribution in [2.45, 2.75) is 30.7 Å². The normalized spacial score (nSPS) is 22.1. The van der Waals surface area contributed by atoms with Crippen molar-refractivity contribution in [3.8, 4) is 0 Å². The van der Waals surface area contributed by atoms with E-state index in [9.17, 15) is 13.2 Å². The van der Waals surface area contributed by atoms with E-state index in [0.29, 0.717) is 11.5 Å². The first kappa shape index (κ1) is 14.7. The van der Waals surface area contributed by atoms with Gasteiger partial charge in [0.25, 0.3) is 0 Å². The molecule has 0 aromatic heterocycles. The third-order valence-corrected chi connectivity index (χ3v) is 4.87. The Morgan fingerprint density at radius 1 is 1.40 bits per heavy atom. The van der Waals surface area contributed by atoms with Gasteiger partial charge in [0.05, 0.1) is 4.90 Å². The van der Waals surface area contributed by atoms with Crippen LogP contribution in [0.5, 0.6) is 0 Å². The van der Waals surface area contributed by atoms with Gasteiger partial charge in [-0.25, -0.2) is 17.9 Å². The maximum absolute atomic E-state index is 12.1. The zero-order valence-electron chi connectivity index (χ0n) is 11.1. The molecule has 0 radical (unpaired) electrons. The number of nitrogens with one attached hydrogen (secondary N) is 1. The van der Waals surface area contributed by atoms with Crippen LogP contribution in [0.4, 0.5) is 0 Å². The zero-order chi connectivity index (χ0) is 14.8. The molecule has 1 fully saturated rings. The summed E-state index contributed by atoms with van der Waals surface area (Å²) in [7, 11) is -3.48. The summed E-state index contributed by atoms with van der Waals surface area (Å²) in [6.45, 7) is 2.04. The molecule has 0 aliphatic heterocycles. The van der Waals surface area contributed by atoms with Crippen LogP contribution in [0, 0.1) is 5.92 Å². The third-order valence-electron chi connectivity index (χ3n) is 3.36. The van der Waals surface area contributed by atoms with E-state index in [0.717, 1.165) is 18.9 Å². The number of sulfonamides is 1. The molecule has 1 aliphatic carbocycles. The van der Waals surface area contributed by atoms with Crippen molar-refractivity contribution in [1.29, 1.82) is 0 Å². The van der Waals surface area contributed by atoms with Gasteiger partial charge in [0, 0.05) is 12.1 Å². The molecule has 0 spiro atoms. The first-order valence-electron chi connectivity index (χ1n) is 6.46. The highest BCUT2D eigenvalue weighted by atomic mass is 32.2. The summed E-state index contributed by atoms with van der Waals surface area (Å²) in [6.07, 6.45) is 4.30. The molecule has 1 aliphatic rings. The molecule has 1 aromatic rings. The van der Waals surface area contributed by atoms with Crippen LogP contribution in [0.15, 0.2) is 35.2 Å². The lowest BCUT2D eigenvalue weighted by atomic mass is 10.2. The standard InChI is InChI=1S/C14H17NO4S/c1-2-11-9-13(11)15-20(18,19)12-6-3-10(4-7-12)5-8-14(16)17/h3-8,11,13,15H,2,9H2,1H3,(H,16,17)/b8-5+. The van der Waals surface area contributed by atoms with Crippen molar-refractivity contribution >= 4 is 22.1 Å². The number of carboxylic acids is 1. The average Bonchev–Trinajstić information content (AvgIpc) is 3.14. The molecular formula is C14H17NO4S. The Labute approximate surface area is 118 Å². The number of hydrogen-bond donors (Lipinski definition) is 2. The molecule has 0 heterocycles. The van der Waals surface area contributed by atoms with E-state index in [1.165, 1.54) is 18.2 Å². The smallest absolute Gasteiger partial charge is 0.328 e. The summed E-state index contributed by atoms with van der Waals surface area (Å²) in [5.41, 5.74) is 0.643. The third kappa shape index (κ3) is 3.68. The molecule has 20 heavy (non-hydrogen) atoms. The Hall–Kier alpha value is -1.66. The molecule has 2 N–H and O–H groups in total. The Kier molecular flexibility index (Phi) is 4.25. The van der Waals surface area contributed by atoms with Crippen molar-refractivity contribution in [3.05, 3.63) is 35.9 Å². The minimum Gasteiger partial charge on any atom is -0.478 e. The van der Waals surface area contributed by atoms with Crippen LogP contribution in [0.2, 0.25) is 0 Å². The van der Waals surface area contributed by atoms with Gasteiger partial charge < -0.3 is 5.11 Å². The number of rotatable bonds is 6. The Morgan fingerprint density at radius 3 is 2.55 bits per heavy atom. The fourth-order valence-corrected chi connectivity index (χ4v) is 3.35. The predicted molar refractivity (Wildman–Crippen MR) is 75.6 cm³/mol. The number of benzene rings is 1. The first-order valence-corrected chi connectivity index (χ1v) is 7.94. The molecule has 0 bridgehead atoms. The van der Waals surface area contributed by atoms with Gasteiger partial charge >= 0.3 is 5.97 Å². The fraction of sp³-hybridized carbons (Fsp3) is 0.357. The van der Waals surface area contributed by atoms with Gasteiger partial charge in [-0.05, 0) is 36.1 Å². The van der Waals surface area contributed by atoms with Gasteiger partial charge in [-0.2, -0.15) is 0 Å². The summed E-state index contributed by atoms with van der Waals surface area (Å²) < 4.78 is 26.9. The quantitative estimate of drug-likeness (QED) is 0.785. The summed E-state index contributed by atoms with van der Waals surface area (Å²) in [5.74, 6) is -0.592. The van der Waals surface area contributed by atoms with Crippen LogP contribution in [0.25, 0.3) is 6.08 Å². The van der Waals surface area contributed by atoms with Gasteiger partial charge in [0.1, 0.15) is 0 Å². The number of aliphatic carboxylic acids is 1. The van der Waals surface area contributed by atoms with E-state index >= 15 is 0 Å². The first-order chi connectivity index (χ1) is 9.42. The molecule has 1 saturated carbocycles. The van der Waals surface area contributed by atoms with Crippen LogP contribution in [0.1, 0.15) is 25.3 Å². The Bertz CT molecular complexity index is 619. The van der Waals surface area contributed by atoms with E-state index in [1.807, 2.05) is 6.92 Å². The van der Waals surface area contributed by atoms with Gasteiger partial charge in [0.15, 0.2) is 0 Å². The number of carboxylic acid groups (broad SMARTS) is 1. The molecule has 1 aromatic carbocycles. The largest absolute Gasteiger partial charge is 0.478 e. The minimum absolute atomic E-state index is 0.0524. The molecule has 2 unspecified atom stereocenters. The molecule has 2 rings (SSSR count). The average molecular weight is 295 g/mol. The van der Waals surface area contributed by atoms with Crippen LogP contribution in [0.3, 0.4) is 0 Å².